The van der Waals surface area contributed by atoms with E-state index in [1.54, 1.807) is 22.6 Å². The first-order chi connectivity index (χ1) is 13.9. The average Bonchev–Trinajstić information content (AvgIpc) is 2.89. The Morgan fingerprint density at radius 1 is 1.31 bits per heavy atom. The Labute approximate surface area is 173 Å². The largest absolute Gasteiger partial charge is 0.350 e. The smallest absolute Gasteiger partial charge is 0.246 e. The van der Waals surface area contributed by atoms with Crippen molar-refractivity contribution in [3.63, 3.8) is 0 Å². The predicted molar refractivity (Wildman–Crippen MR) is 117 cm³/mol. The lowest BCUT2D eigenvalue weighted by Crippen LogP contribution is -2.44. The van der Waals surface area contributed by atoms with Crippen LogP contribution in [0.4, 0.5) is 17.2 Å². The quantitative estimate of drug-likeness (QED) is 0.716. The van der Waals surface area contributed by atoms with Crippen molar-refractivity contribution in [3.8, 4) is 0 Å². The van der Waals surface area contributed by atoms with Crippen LogP contribution in [0.5, 0.6) is 0 Å². The predicted octanol–water partition coefficient (Wildman–Crippen LogP) is 3.51. The van der Waals surface area contributed by atoms with Crippen LogP contribution < -0.4 is 15.1 Å². The molecule has 1 aliphatic heterocycles. The van der Waals surface area contributed by atoms with Crippen LogP contribution in [0.3, 0.4) is 0 Å². The van der Waals surface area contributed by atoms with Crippen molar-refractivity contribution >= 4 is 50.6 Å². The number of benzene rings is 1. The zero-order valence-electron chi connectivity index (χ0n) is 16.9. The number of nitrogens with one attached hydrogen (secondary N) is 1. The third-order valence-electron chi connectivity index (χ3n) is 5.31. The first-order valence-electron chi connectivity index (χ1n) is 9.49. The van der Waals surface area contributed by atoms with Gasteiger partial charge in [0.1, 0.15) is 17.0 Å². The number of amides is 2. The zero-order chi connectivity index (χ0) is 20.7. The number of anilines is 3. The van der Waals surface area contributed by atoms with Gasteiger partial charge in [-0.15, -0.1) is 11.3 Å². The lowest BCUT2D eigenvalue weighted by atomic mass is 10.1. The molecule has 2 aromatic heterocycles. The molecule has 0 saturated heterocycles. The molecule has 0 spiro atoms. The number of hydrogen-bond donors (Lipinski definition) is 1. The van der Waals surface area contributed by atoms with Gasteiger partial charge in [0.2, 0.25) is 11.8 Å². The standard InChI is InChI=1S/C21H23N5O2S/c1-12-9-17(27)24-15-7-5-6-8-16(15)26(12)18(28)10-25(4)20-19-13(2)14(3)29-21(19)23-11-22-20/h5-8,11-12H,9-10H2,1-4H3,(H,24,27). The second kappa shape index (κ2) is 7.44. The Morgan fingerprint density at radius 2 is 2.07 bits per heavy atom. The highest BCUT2D eigenvalue weighted by atomic mass is 32.1. The van der Waals surface area contributed by atoms with Crippen LogP contribution >= 0.6 is 11.3 Å². The molecule has 0 bridgehead atoms. The summed E-state index contributed by atoms with van der Waals surface area (Å²) in [6, 6.07) is 7.17. The van der Waals surface area contributed by atoms with Gasteiger partial charge in [-0.25, -0.2) is 9.97 Å². The highest BCUT2D eigenvalue weighted by molar-refractivity contribution is 7.18. The molecular formula is C21H23N5O2S. The summed E-state index contributed by atoms with van der Waals surface area (Å²) in [5.41, 5.74) is 2.52. The molecule has 7 nitrogen and oxygen atoms in total. The second-order valence-electron chi connectivity index (χ2n) is 7.40. The molecule has 0 aliphatic carbocycles. The van der Waals surface area contributed by atoms with Crippen LogP contribution in [-0.4, -0.2) is 41.4 Å². The van der Waals surface area contributed by atoms with E-state index in [0.717, 1.165) is 27.3 Å². The Morgan fingerprint density at radius 3 is 2.86 bits per heavy atom. The van der Waals surface area contributed by atoms with E-state index in [9.17, 15) is 9.59 Å². The number of aryl methyl sites for hydroxylation is 2. The van der Waals surface area contributed by atoms with Gasteiger partial charge in [0.05, 0.1) is 23.3 Å². The zero-order valence-corrected chi connectivity index (χ0v) is 17.7. The summed E-state index contributed by atoms with van der Waals surface area (Å²) in [7, 11) is 1.86. The highest BCUT2D eigenvalue weighted by Gasteiger charge is 2.30. The van der Waals surface area contributed by atoms with E-state index in [2.05, 4.69) is 29.1 Å². The SMILES string of the molecule is Cc1sc2ncnc(N(C)CC(=O)N3c4ccccc4NC(=O)CC3C)c2c1C. The van der Waals surface area contributed by atoms with E-state index in [-0.39, 0.29) is 30.8 Å². The van der Waals surface area contributed by atoms with Crippen LogP contribution in [0, 0.1) is 13.8 Å². The van der Waals surface area contributed by atoms with Crippen LogP contribution in [0.1, 0.15) is 23.8 Å². The van der Waals surface area contributed by atoms with Crippen LogP contribution in [0.2, 0.25) is 0 Å². The fourth-order valence-electron chi connectivity index (χ4n) is 3.78. The summed E-state index contributed by atoms with van der Waals surface area (Å²) in [5.74, 6) is 0.575. The summed E-state index contributed by atoms with van der Waals surface area (Å²) < 4.78 is 0. The maximum atomic E-state index is 13.3. The second-order valence-corrected chi connectivity index (χ2v) is 8.60. The van der Waals surface area contributed by atoms with Gasteiger partial charge in [0, 0.05) is 24.4 Å². The third kappa shape index (κ3) is 3.44. The molecule has 150 valence electrons. The molecular weight excluding hydrogens is 386 g/mol. The van der Waals surface area contributed by atoms with Crippen LogP contribution in [0.25, 0.3) is 10.2 Å². The number of rotatable bonds is 3. The monoisotopic (exact) mass is 409 g/mol. The van der Waals surface area contributed by atoms with Gasteiger partial charge in [0.25, 0.3) is 0 Å². The van der Waals surface area contributed by atoms with E-state index < -0.39 is 0 Å². The molecule has 4 rings (SSSR count). The van der Waals surface area contributed by atoms with E-state index in [1.807, 2.05) is 43.1 Å². The molecule has 0 saturated carbocycles. The molecule has 0 radical (unpaired) electrons. The number of nitrogens with zero attached hydrogens (tertiary/aromatic N) is 4. The maximum absolute atomic E-state index is 13.3. The Kier molecular flexibility index (Phi) is 4.96. The number of para-hydroxylation sites is 2. The van der Waals surface area contributed by atoms with E-state index >= 15 is 0 Å². The Hall–Kier alpha value is -3.00. The Bertz CT molecular complexity index is 1110. The number of hydrogen-bond acceptors (Lipinski definition) is 6. The lowest BCUT2D eigenvalue weighted by molar-refractivity contribution is -0.118. The summed E-state index contributed by atoms with van der Waals surface area (Å²) >= 11 is 1.63. The summed E-state index contributed by atoms with van der Waals surface area (Å²) in [6.45, 7) is 6.17. The normalized spacial score (nSPS) is 16.3. The number of carbonyl (C=O) groups is 2. The first-order valence-corrected chi connectivity index (χ1v) is 10.3. The minimum atomic E-state index is -0.241. The van der Waals surface area contributed by atoms with Crippen LogP contribution in [-0.2, 0) is 9.59 Å². The molecule has 3 aromatic rings. The van der Waals surface area contributed by atoms with Crippen molar-refractivity contribution in [2.24, 2.45) is 0 Å². The molecule has 1 unspecified atom stereocenters. The summed E-state index contributed by atoms with van der Waals surface area (Å²) in [4.78, 5) is 40.1. The number of carbonyl (C=O) groups excluding carboxylic acids is 2. The number of fused-ring (bicyclic) bond motifs is 2. The average molecular weight is 410 g/mol. The van der Waals surface area contributed by atoms with Gasteiger partial charge in [0.15, 0.2) is 0 Å². The van der Waals surface area contributed by atoms with E-state index in [4.69, 9.17) is 0 Å². The fourth-order valence-corrected chi connectivity index (χ4v) is 4.77. The summed E-state index contributed by atoms with van der Waals surface area (Å²) in [6.07, 6.45) is 1.80. The molecule has 3 heterocycles. The third-order valence-corrected chi connectivity index (χ3v) is 6.42. The number of aromatic nitrogens is 2. The lowest BCUT2D eigenvalue weighted by Gasteiger charge is -2.30. The summed E-state index contributed by atoms with van der Waals surface area (Å²) in [5, 5.41) is 3.88. The Balaban J connectivity index is 1.67. The van der Waals surface area contributed by atoms with Crippen molar-refractivity contribution in [3.05, 3.63) is 41.0 Å². The van der Waals surface area contributed by atoms with Crippen molar-refractivity contribution < 1.29 is 9.59 Å². The van der Waals surface area contributed by atoms with Crippen molar-refractivity contribution in [1.29, 1.82) is 0 Å². The number of thiophene rings is 1. The van der Waals surface area contributed by atoms with Gasteiger partial charge >= 0.3 is 0 Å². The molecule has 1 atom stereocenters. The van der Waals surface area contributed by atoms with Crippen molar-refractivity contribution in [2.45, 2.75) is 33.2 Å². The molecule has 2 amide bonds. The minimum Gasteiger partial charge on any atom is -0.350 e. The minimum absolute atomic E-state index is 0.0830. The first kappa shape index (κ1) is 19.3. The topological polar surface area (TPSA) is 78.4 Å². The highest BCUT2D eigenvalue weighted by Crippen LogP contribution is 2.35. The molecule has 1 aromatic carbocycles. The van der Waals surface area contributed by atoms with Gasteiger partial charge in [-0.3, -0.25) is 9.59 Å². The van der Waals surface area contributed by atoms with Gasteiger partial charge in [-0.05, 0) is 38.5 Å². The molecule has 1 aliphatic rings. The van der Waals surface area contributed by atoms with Gasteiger partial charge < -0.3 is 15.1 Å². The van der Waals surface area contributed by atoms with Crippen molar-refractivity contribution in [2.75, 3.05) is 28.7 Å². The van der Waals surface area contributed by atoms with E-state index in [0.29, 0.717) is 5.69 Å². The van der Waals surface area contributed by atoms with Gasteiger partial charge in [-0.2, -0.15) is 0 Å². The van der Waals surface area contributed by atoms with Gasteiger partial charge in [-0.1, -0.05) is 12.1 Å². The molecule has 1 N–H and O–H groups in total. The van der Waals surface area contributed by atoms with Crippen molar-refractivity contribution in [1.82, 2.24) is 9.97 Å². The molecule has 29 heavy (non-hydrogen) atoms. The van der Waals surface area contributed by atoms with Crippen LogP contribution in [0.15, 0.2) is 30.6 Å². The maximum Gasteiger partial charge on any atom is 0.246 e. The fraction of sp³-hybridized carbons (Fsp3) is 0.333. The molecule has 0 fully saturated rings. The molecule has 8 heteroatoms. The number of likely N-dealkylation sites (N-methyl/N-ethyl adjacent to an activating group) is 1. The van der Waals surface area contributed by atoms with E-state index in [1.165, 1.54) is 4.88 Å².